The topological polar surface area (TPSA) is 91.9 Å². The van der Waals surface area contributed by atoms with Crippen molar-refractivity contribution in [1.29, 1.82) is 0 Å². The van der Waals surface area contributed by atoms with E-state index >= 15 is 0 Å². The Bertz CT molecular complexity index is 1310. The lowest BCUT2D eigenvalue weighted by atomic mass is 9.99. The molecular weight excluding hydrogens is 493 g/mol. The molecule has 1 atom stereocenters. The highest BCUT2D eigenvalue weighted by molar-refractivity contribution is 7.90. The van der Waals surface area contributed by atoms with Gasteiger partial charge >= 0.3 is 6.03 Å². The summed E-state index contributed by atoms with van der Waals surface area (Å²) in [4.78, 5) is 12.6. The van der Waals surface area contributed by atoms with Crippen molar-refractivity contribution < 1.29 is 18.5 Å². The number of carbonyl (C=O) groups excluding carboxylic acids is 1. The highest BCUT2D eigenvalue weighted by atomic mass is 35.5. The number of sulfone groups is 1. The quantitative estimate of drug-likeness (QED) is 0.449. The highest BCUT2D eigenvalue weighted by Gasteiger charge is 2.19. The second-order valence-electron chi connectivity index (χ2n) is 8.38. The number of carbonyl (C=O) groups is 1. The van der Waals surface area contributed by atoms with Gasteiger partial charge in [-0.15, -0.1) is 0 Å². The smallest absolute Gasteiger partial charge is 0.319 e. The lowest BCUT2D eigenvalue weighted by molar-refractivity contribution is -0.673. The first kappa shape index (κ1) is 24.5. The molecule has 0 saturated heterocycles. The normalized spacial score (nSPS) is 14.2. The van der Waals surface area contributed by atoms with E-state index in [0.717, 1.165) is 25.1 Å². The van der Waals surface area contributed by atoms with Gasteiger partial charge in [0.15, 0.2) is 9.84 Å². The molecule has 3 aromatic carbocycles. The minimum Gasteiger partial charge on any atom is -0.342 e. The molecule has 0 aromatic heterocycles. The van der Waals surface area contributed by atoms with Crippen LogP contribution in [0, 0.1) is 0 Å². The van der Waals surface area contributed by atoms with Gasteiger partial charge in [-0.25, -0.2) is 13.2 Å². The first-order valence-electron chi connectivity index (χ1n) is 11.0. The second-order valence-corrected chi connectivity index (χ2v) is 11.2. The van der Waals surface area contributed by atoms with Crippen LogP contribution in [-0.4, -0.2) is 21.0 Å². The van der Waals surface area contributed by atoms with Crippen LogP contribution < -0.4 is 16.0 Å². The van der Waals surface area contributed by atoms with Crippen molar-refractivity contribution >= 4 is 44.8 Å². The molecule has 1 aliphatic rings. The zero-order valence-electron chi connectivity index (χ0n) is 18.6. The van der Waals surface area contributed by atoms with E-state index in [0.29, 0.717) is 21.3 Å². The van der Waals surface area contributed by atoms with Gasteiger partial charge in [0.2, 0.25) is 0 Å². The van der Waals surface area contributed by atoms with Gasteiger partial charge in [-0.05, 0) is 53.9 Å². The molecule has 0 saturated carbocycles. The van der Waals surface area contributed by atoms with E-state index in [1.54, 1.807) is 37.3 Å². The Hall–Kier alpha value is -2.58. The average molecular weight is 519 g/mol. The van der Waals surface area contributed by atoms with E-state index in [1.807, 2.05) is 18.2 Å². The number of amides is 2. The number of nitrogens with one attached hydrogen (secondary N) is 2. The van der Waals surface area contributed by atoms with Gasteiger partial charge in [0.1, 0.15) is 6.54 Å². The summed E-state index contributed by atoms with van der Waals surface area (Å²) in [5.41, 5.74) is 4.47. The zero-order valence-corrected chi connectivity index (χ0v) is 21.0. The van der Waals surface area contributed by atoms with Crippen LogP contribution in [0.2, 0.25) is 10.0 Å². The van der Waals surface area contributed by atoms with E-state index in [4.69, 9.17) is 23.2 Å². The number of hydrogen-bond acceptors (Lipinski definition) is 3. The first-order chi connectivity index (χ1) is 16.2. The fraction of sp³-hybridized carbons (Fsp3) is 0.240. The Balaban J connectivity index is 1.39. The maximum Gasteiger partial charge on any atom is 0.319 e. The molecule has 0 unspecified atom stereocenters. The highest BCUT2D eigenvalue weighted by Crippen LogP contribution is 2.30. The maximum atomic E-state index is 12.9. The fourth-order valence-corrected chi connectivity index (χ4v) is 5.87. The van der Waals surface area contributed by atoms with Crippen molar-refractivity contribution in [3.8, 4) is 0 Å². The minimum atomic E-state index is -3.51. The number of halogens is 2. The Morgan fingerprint density at radius 1 is 1.06 bits per heavy atom. The Kier molecular flexibility index (Phi) is 7.48. The summed E-state index contributed by atoms with van der Waals surface area (Å²) in [6, 6.07) is 16.5. The summed E-state index contributed by atoms with van der Waals surface area (Å²) >= 11 is 12.3. The lowest BCUT2D eigenvalue weighted by Gasteiger charge is -2.17. The van der Waals surface area contributed by atoms with Crippen molar-refractivity contribution in [2.45, 2.75) is 36.6 Å². The summed E-state index contributed by atoms with van der Waals surface area (Å²) in [5.74, 6) is -0.0604. The number of benzene rings is 3. The van der Waals surface area contributed by atoms with E-state index in [-0.39, 0.29) is 16.7 Å². The largest absolute Gasteiger partial charge is 0.342 e. The average Bonchev–Trinajstić information content (AvgIpc) is 2.80. The van der Waals surface area contributed by atoms with Crippen molar-refractivity contribution in [2.24, 2.45) is 0 Å². The number of urea groups is 1. The van der Waals surface area contributed by atoms with Crippen LogP contribution >= 0.6 is 23.2 Å². The van der Waals surface area contributed by atoms with Crippen molar-refractivity contribution in [2.75, 3.05) is 11.9 Å². The molecule has 0 aliphatic carbocycles. The van der Waals surface area contributed by atoms with Gasteiger partial charge in [-0.3, -0.25) is 0 Å². The SMILES string of the molecule is C[C@H](NC(=O)Nc1ccc(S(=O)(=O)Cc2ccc3c(c2)CC[NH2+]C3)cc1)c1cccc(Cl)c1Cl. The molecule has 6 nitrogen and oxygen atoms in total. The number of rotatable bonds is 6. The Labute approximate surface area is 209 Å². The third kappa shape index (κ3) is 5.73. The summed E-state index contributed by atoms with van der Waals surface area (Å²) in [7, 11) is -3.51. The summed E-state index contributed by atoms with van der Waals surface area (Å²) < 4.78 is 25.9. The van der Waals surface area contributed by atoms with Gasteiger partial charge in [0, 0.05) is 17.7 Å². The van der Waals surface area contributed by atoms with Crippen LogP contribution in [-0.2, 0) is 28.6 Å². The van der Waals surface area contributed by atoms with Gasteiger partial charge in [0.05, 0.1) is 33.3 Å². The number of nitrogens with two attached hydrogens (primary N) is 1. The number of anilines is 1. The molecule has 4 N–H and O–H groups in total. The molecule has 34 heavy (non-hydrogen) atoms. The monoisotopic (exact) mass is 518 g/mol. The van der Waals surface area contributed by atoms with E-state index in [1.165, 1.54) is 23.3 Å². The second kappa shape index (κ2) is 10.4. The lowest BCUT2D eigenvalue weighted by Crippen LogP contribution is -2.84. The fourth-order valence-electron chi connectivity index (χ4n) is 4.06. The third-order valence-corrected chi connectivity index (χ3v) is 8.41. The van der Waals surface area contributed by atoms with Gasteiger partial charge < -0.3 is 16.0 Å². The van der Waals surface area contributed by atoms with Crippen LogP contribution in [0.15, 0.2) is 65.6 Å². The van der Waals surface area contributed by atoms with Crippen LogP contribution in [0.1, 0.15) is 35.2 Å². The van der Waals surface area contributed by atoms with Crippen LogP contribution in [0.3, 0.4) is 0 Å². The van der Waals surface area contributed by atoms with Crippen LogP contribution in [0.4, 0.5) is 10.5 Å². The van der Waals surface area contributed by atoms with E-state index < -0.39 is 15.9 Å². The number of quaternary nitrogens is 1. The van der Waals surface area contributed by atoms with Crippen molar-refractivity contribution in [3.05, 3.63) is 93.0 Å². The zero-order chi connectivity index (χ0) is 24.3. The first-order valence-corrected chi connectivity index (χ1v) is 13.4. The number of fused-ring (bicyclic) bond motifs is 1. The van der Waals surface area contributed by atoms with Gasteiger partial charge in [-0.1, -0.05) is 53.5 Å². The summed E-state index contributed by atoms with van der Waals surface area (Å²) in [5, 5.41) is 8.58. The van der Waals surface area contributed by atoms with Gasteiger partial charge in [0.25, 0.3) is 0 Å². The molecule has 1 heterocycles. The van der Waals surface area contributed by atoms with Gasteiger partial charge in [-0.2, -0.15) is 0 Å². The molecule has 178 valence electrons. The number of hydrogen-bond donors (Lipinski definition) is 3. The van der Waals surface area contributed by atoms with Crippen molar-refractivity contribution in [3.63, 3.8) is 0 Å². The third-order valence-electron chi connectivity index (χ3n) is 5.88. The van der Waals surface area contributed by atoms with Crippen molar-refractivity contribution in [1.82, 2.24) is 5.32 Å². The molecule has 3 aromatic rings. The van der Waals surface area contributed by atoms with Crippen LogP contribution in [0.25, 0.3) is 0 Å². The Morgan fingerprint density at radius 2 is 1.82 bits per heavy atom. The van der Waals surface area contributed by atoms with E-state index in [2.05, 4.69) is 16.0 Å². The molecule has 4 rings (SSSR count). The summed E-state index contributed by atoms with van der Waals surface area (Å²) in [6.45, 7) is 3.76. The standard InChI is InChI=1S/C25H25Cl2N3O3S/c1-16(22-3-2-4-23(26)24(22)27)29-25(31)30-20-7-9-21(10-8-20)34(32,33)15-17-5-6-19-14-28-12-11-18(19)13-17/h2-10,13,16,28H,11-12,14-15H2,1H3,(H2,29,30,31)/p+1/t16-/m0/s1. The van der Waals surface area contributed by atoms with E-state index in [9.17, 15) is 13.2 Å². The molecule has 9 heteroatoms. The molecule has 2 amide bonds. The maximum absolute atomic E-state index is 12.9. The molecule has 1 aliphatic heterocycles. The molecule has 0 fully saturated rings. The predicted molar refractivity (Wildman–Crippen MR) is 135 cm³/mol. The molecule has 0 radical (unpaired) electrons. The minimum absolute atomic E-state index is 0.0604. The molecule has 0 bridgehead atoms. The summed E-state index contributed by atoms with van der Waals surface area (Å²) in [6.07, 6.45) is 0.952. The predicted octanol–water partition coefficient (Wildman–Crippen LogP) is 4.47. The molecular formula is C25H26Cl2N3O3S+. The van der Waals surface area contributed by atoms with Crippen LogP contribution in [0.5, 0.6) is 0 Å². The molecule has 0 spiro atoms. The Morgan fingerprint density at radius 3 is 2.59 bits per heavy atom.